The van der Waals surface area contributed by atoms with Crippen LogP contribution in [0.4, 0.5) is 0 Å². The van der Waals surface area contributed by atoms with Gasteiger partial charge in [0.2, 0.25) is 0 Å². The Bertz CT molecular complexity index is 860. The Labute approximate surface area is 154 Å². The van der Waals surface area contributed by atoms with Gasteiger partial charge in [0.05, 0.1) is 6.54 Å². The summed E-state index contributed by atoms with van der Waals surface area (Å²) in [7, 11) is 0. The van der Waals surface area contributed by atoms with E-state index >= 15 is 0 Å². The van der Waals surface area contributed by atoms with Crippen molar-refractivity contribution < 1.29 is 14.7 Å². The molecule has 0 saturated carbocycles. The van der Waals surface area contributed by atoms with Gasteiger partial charge in [-0.1, -0.05) is 30.3 Å². The van der Waals surface area contributed by atoms with E-state index in [0.717, 1.165) is 5.56 Å². The van der Waals surface area contributed by atoms with Crippen LogP contribution in [0.2, 0.25) is 0 Å². The third-order valence-electron chi connectivity index (χ3n) is 4.38. The number of nitrogens with one attached hydrogen (secondary N) is 1. The van der Waals surface area contributed by atoms with Crippen LogP contribution in [0.1, 0.15) is 28.9 Å². The Hall–Kier alpha value is -2.61. The number of rotatable bonds is 5. The number of nitrogens with zero attached hydrogens (tertiary/aromatic N) is 2. The van der Waals surface area contributed by atoms with Gasteiger partial charge in [-0.05, 0) is 36.0 Å². The van der Waals surface area contributed by atoms with E-state index in [0.29, 0.717) is 24.3 Å². The second-order valence-electron chi connectivity index (χ2n) is 6.15. The van der Waals surface area contributed by atoms with Crippen molar-refractivity contribution in [3.8, 4) is 0 Å². The summed E-state index contributed by atoms with van der Waals surface area (Å²) in [6, 6.07) is 11.9. The number of amides is 1. The van der Waals surface area contributed by atoms with Crippen LogP contribution in [0.25, 0.3) is 0 Å². The summed E-state index contributed by atoms with van der Waals surface area (Å²) in [5, 5.41) is 16.3. The minimum absolute atomic E-state index is 0.0272. The van der Waals surface area contributed by atoms with Gasteiger partial charge in [0.25, 0.3) is 11.5 Å². The van der Waals surface area contributed by atoms with Crippen molar-refractivity contribution in [3.05, 3.63) is 64.1 Å². The summed E-state index contributed by atoms with van der Waals surface area (Å²) in [4.78, 5) is 36.3. The van der Waals surface area contributed by atoms with Crippen LogP contribution < -0.4 is 10.9 Å². The molecule has 1 aliphatic heterocycles. The lowest BCUT2D eigenvalue weighted by atomic mass is 9.92. The Morgan fingerprint density at radius 3 is 2.50 bits per heavy atom. The fraction of sp³-hybridized carbons (Fsp3) is 0.333. The summed E-state index contributed by atoms with van der Waals surface area (Å²) in [6.07, 6.45) is 0.727. The van der Waals surface area contributed by atoms with Gasteiger partial charge < -0.3 is 10.4 Å². The van der Waals surface area contributed by atoms with Crippen molar-refractivity contribution >= 4 is 23.6 Å². The Morgan fingerprint density at radius 2 is 1.85 bits per heavy atom. The molecule has 1 aliphatic rings. The van der Waals surface area contributed by atoms with Crippen molar-refractivity contribution in [1.29, 1.82) is 0 Å². The maximum absolute atomic E-state index is 12.6. The number of hydrogen-bond donors (Lipinski definition) is 2. The minimum atomic E-state index is -1.27. The molecule has 7 nitrogen and oxygen atoms in total. The van der Waals surface area contributed by atoms with E-state index in [1.165, 1.54) is 16.8 Å². The van der Waals surface area contributed by atoms with Gasteiger partial charge in [-0.3, -0.25) is 9.59 Å². The number of aliphatic carboxylic acids is 1. The van der Waals surface area contributed by atoms with Gasteiger partial charge in [-0.2, -0.15) is 16.9 Å². The zero-order chi connectivity index (χ0) is 18.6. The van der Waals surface area contributed by atoms with Crippen molar-refractivity contribution in [1.82, 2.24) is 15.1 Å². The number of benzene rings is 1. The lowest BCUT2D eigenvalue weighted by Crippen LogP contribution is -2.56. The first-order valence-corrected chi connectivity index (χ1v) is 9.41. The van der Waals surface area contributed by atoms with E-state index in [-0.39, 0.29) is 17.8 Å². The zero-order valence-electron chi connectivity index (χ0n) is 14.1. The molecular weight excluding hydrogens is 354 g/mol. The van der Waals surface area contributed by atoms with Gasteiger partial charge in [-0.25, -0.2) is 9.48 Å². The molecule has 136 valence electrons. The van der Waals surface area contributed by atoms with E-state index < -0.39 is 17.4 Å². The van der Waals surface area contributed by atoms with Crippen LogP contribution in [0.5, 0.6) is 0 Å². The molecule has 1 amide bonds. The predicted molar refractivity (Wildman–Crippen MR) is 98.4 cm³/mol. The number of carbonyl (C=O) groups is 2. The average molecular weight is 373 g/mol. The number of carboxylic acid groups (broad SMARTS) is 1. The fourth-order valence-corrected chi connectivity index (χ4v) is 4.02. The molecule has 0 spiro atoms. The first-order valence-electron chi connectivity index (χ1n) is 8.26. The summed E-state index contributed by atoms with van der Waals surface area (Å²) in [6.45, 7) is 0.238. The molecule has 1 fully saturated rings. The SMILES string of the molecule is O=C(NC1(C(=O)O)CCSCC1)c1ccc(=O)n(Cc2ccccc2)n1. The molecule has 0 bridgehead atoms. The van der Waals surface area contributed by atoms with Crippen LogP contribution >= 0.6 is 11.8 Å². The maximum Gasteiger partial charge on any atom is 0.329 e. The van der Waals surface area contributed by atoms with Gasteiger partial charge in [0, 0.05) is 6.07 Å². The van der Waals surface area contributed by atoms with E-state index in [9.17, 15) is 19.5 Å². The third-order valence-corrected chi connectivity index (χ3v) is 5.37. The first kappa shape index (κ1) is 18.2. The molecule has 0 aliphatic carbocycles. The molecule has 3 rings (SSSR count). The molecule has 26 heavy (non-hydrogen) atoms. The lowest BCUT2D eigenvalue weighted by Gasteiger charge is -2.33. The highest BCUT2D eigenvalue weighted by atomic mass is 32.2. The first-order chi connectivity index (χ1) is 12.5. The second-order valence-corrected chi connectivity index (χ2v) is 7.38. The second kappa shape index (κ2) is 7.74. The monoisotopic (exact) mass is 373 g/mol. The van der Waals surface area contributed by atoms with Gasteiger partial charge in [-0.15, -0.1) is 0 Å². The number of hydrogen-bond acceptors (Lipinski definition) is 5. The van der Waals surface area contributed by atoms with Crippen LogP contribution in [0.15, 0.2) is 47.3 Å². The Balaban J connectivity index is 1.82. The molecule has 0 radical (unpaired) electrons. The van der Waals surface area contributed by atoms with Crippen LogP contribution in [0.3, 0.4) is 0 Å². The van der Waals surface area contributed by atoms with E-state index in [1.54, 1.807) is 11.8 Å². The highest BCUT2D eigenvalue weighted by Gasteiger charge is 2.41. The molecular formula is C18H19N3O4S. The third kappa shape index (κ3) is 3.96. The number of thioether (sulfide) groups is 1. The van der Waals surface area contributed by atoms with Gasteiger partial charge >= 0.3 is 5.97 Å². The maximum atomic E-state index is 12.6. The molecule has 2 N–H and O–H groups in total. The normalized spacial score (nSPS) is 16.0. The Morgan fingerprint density at radius 1 is 1.15 bits per heavy atom. The van der Waals surface area contributed by atoms with E-state index in [2.05, 4.69) is 10.4 Å². The largest absolute Gasteiger partial charge is 0.480 e. The molecule has 0 unspecified atom stereocenters. The quantitative estimate of drug-likeness (QED) is 0.821. The van der Waals surface area contributed by atoms with Gasteiger partial charge in [0.15, 0.2) is 0 Å². The smallest absolute Gasteiger partial charge is 0.329 e. The zero-order valence-corrected chi connectivity index (χ0v) is 14.9. The molecule has 1 aromatic carbocycles. The van der Waals surface area contributed by atoms with Crippen molar-refractivity contribution in [2.75, 3.05) is 11.5 Å². The van der Waals surface area contributed by atoms with Crippen LogP contribution in [-0.2, 0) is 11.3 Å². The average Bonchev–Trinajstić information content (AvgIpc) is 2.65. The minimum Gasteiger partial charge on any atom is -0.480 e. The number of carbonyl (C=O) groups excluding carboxylic acids is 1. The van der Waals surface area contributed by atoms with Gasteiger partial charge in [0.1, 0.15) is 11.2 Å². The standard InChI is InChI=1S/C18H19N3O4S/c22-15-7-6-14(20-21(15)12-13-4-2-1-3-5-13)16(23)19-18(17(24)25)8-10-26-11-9-18/h1-7H,8-12H2,(H,19,23)(H,24,25). The summed E-state index contributed by atoms with van der Waals surface area (Å²) in [5.74, 6) is -0.272. The predicted octanol–water partition coefficient (Wildman–Crippen LogP) is 1.37. The van der Waals surface area contributed by atoms with Crippen molar-refractivity contribution in [3.63, 3.8) is 0 Å². The molecule has 1 aromatic heterocycles. The Kier molecular flexibility index (Phi) is 5.41. The van der Waals surface area contributed by atoms with Crippen molar-refractivity contribution in [2.24, 2.45) is 0 Å². The molecule has 2 aromatic rings. The molecule has 8 heteroatoms. The van der Waals surface area contributed by atoms with Crippen LogP contribution in [0, 0.1) is 0 Å². The number of carboxylic acids is 1. The summed E-state index contributed by atoms with van der Waals surface area (Å²) in [5.41, 5.74) is -0.692. The van der Waals surface area contributed by atoms with E-state index in [4.69, 9.17) is 0 Å². The topological polar surface area (TPSA) is 101 Å². The van der Waals surface area contributed by atoms with E-state index in [1.807, 2.05) is 30.3 Å². The number of aromatic nitrogens is 2. The summed E-state index contributed by atoms with van der Waals surface area (Å²) < 4.78 is 1.20. The highest BCUT2D eigenvalue weighted by molar-refractivity contribution is 7.99. The molecule has 0 atom stereocenters. The fourth-order valence-electron chi connectivity index (χ4n) is 2.83. The molecule has 1 saturated heterocycles. The molecule has 2 heterocycles. The lowest BCUT2D eigenvalue weighted by molar-refractivity contribution is -0.144. The van der Waals surface area contributed by atoms with Crippen LogP contribution in [-0.4, -0.2) is 43.8 Å². The summed E-state index contributed by atoms with van der Waals surface area (Å²) >= 11 is 1.67. The highest BCUT2D eigenvalue weighted by Crippen LogP contribution is 2.27. The van der Waals surface area contributed by atoms with Crippen molar-refractivity contribution in [2.45, 2.75) is 24.9 Å².